The maximum Gasteiger partial charge on any atom is 0.251 e. The van der Waals surface area contributed by atoms with Gasteiger partial charge in [0.1, 0.15) is 5.92 Å². The lowest BCUT2D eigenvalue weighted by atomic mass is 9.96. The molecule has 0 aromatic heterocycles. The van der Waals surface area contributed by atoms with Gasteiger partial charge in [-0.05, 0) is 48.0 Å². The van der Waals surface area contributed by atoms with Crippen LogP contribution in [0.25, 0.3) is 0 Å². The van der Waals surface area contributed by atoms with Crippen molar-refractivity contribution in [3.8, 4) is 0 Å². The predicted octanol–water partition coefficient (Wildman–Crippen LogP) is 3.21. The Morgan fingerprint density at radius 1 is 1.12 bits per heavy atom. The molecule has 1 heterocycles. The molecule has 2 amide bonds. The van der Waals surface area contributed by atoms with Crippen LogP contribution in [0.5, 0.6) is 0 Å². The monoisotopic (exact) mass is 382 g/mol. The summed E-state index contributed by atoms with van der Waals surface area (Å²) < 4.78 is 13.4. The number of carbonyl (C=O) groups excluding carboxylic acids is 2. The fraction of sp³-hybridized carbons (Fsp3) is 0.125. The molecular weight excluding hydrogens is 371 g/mol. The maximum atomic E-state index is 12.7. The van der Waals surface area contributed by atoms with Crippen molar-refractivity contribution in [1.29, 1.82) is 0 Å². The summed E-state index contributed by atoms with van der Waals surface area (Å²) in [5.74, 6) is -2.18. The van der Waals surface area contributed by atoms with Gasteiger partial charge in [0.15, 0.2) is 11.0 Å². The number of likely N-dealkylation sites (N-methyl/N-ethyl adjacent to an activating group) is 1. The summed E-state index contributed by atoms with van der Waals surface area (Å²) in [5.41, 5.74) is 0.866. The van der Waals surface area contributed by atoms with Gasteiger partial charge in [-0.1, -0.05) is 23.2 Å². The molecule has 0 aliphatic carbocycles. The van der Waals surface area contributed by atoms with Crippen molar-refractivity contribution < 1.29 is 13.8 Å². The van der Waals surface area contributed by atoms with Crippen molar-refractivity contribution in [2.75, 3.05) is 12.4 Å². The number of amides is 2. The molecule has 1 aliphatic heterocycles. The number of halogens is 2. The molecular formula is C16H12Cl2N2O3S. The molecule has 3 rings (SSSR count). The number of fused-ring (bicyclic) bond motifs is 1. The second-order valence-electron chi connectivity index (χ2n) is 5.20. The van der Waals surface area contributed by atoms with Crippen molar-refractivity contribution in [3.63, 3.8) is 0 Å². The molecule has 0 radical (unpaired) electrons. The molecule has 0 spiro atoms. The molecule has 8 heteroatoms. The SMILES string of the molecule is CN1C(=O)C(C(=O)Nc2ccc(Cl)cc2)c2cc(Cl)ccc2S1=O. The van der Waals surface area contributed by atoms with Gasteiger partial charge in [0.2, 0.25) is 5.91 Å². The van der Waals surface area contributed by atoms with E-state index in [9.17, 15) is 13.8 Å². The Hall–Kier alpha value is -1.89. The third-order valence-electron chi connectivity index (χ3n) is 3.65. The summed E-state index contributed by atoms with van der Waals surface area (Å²) in [6.07, 6.45) is 0. The van der Waals surface area contributed by atoms with Gasteiger partial charge in [-0.3, -0.25) is 13.9 Å². The standard InChI is InChI=1S/C16H12Cl2N2O3S/c1-20-16(22)14(12-8-10(18)4-7-13(12)24(20)23)15(21)19-11-5-2-9(17)3-6-11/h2-8,14H,1H3,(H,19,21). The van der Waals surface area contributed by atoms with Crippen LogP contribution in [-0.4, -0.2) is 27.4 Å². The normalized spacial score (nSPS) is 19.8. The zero-order chi connectivity index (χ0) is 17.4. The first-order valence-electron chi connectivity index (χ1n) is 6.94. The number of anilines is 1. The van der Waals surface area contributed by atoms with Crippen LogP contribution >= 0.6 is 23.2 Å². The average Bonchev–Trinajstić information content (AvgIpc) is 2.55. The zero-order valence-electron chi connectivity index (χ0n) is 12.5. The van der Waals surface area contributed by atoms with E-state index in [1.807, 2.05) is 0 Å². The van der Waals surface area contributed by atoms with Gasteiger partial charge in [0.25, 0.3) is 5.91 Å². The third-order valence-corrected chi connectivity index (χ3v) is 5.56. The van der Waals surface area contributed by atoms with Gasteiger partial charge in [0, 0.05) is 22.8 Å². The Morgan fingerprint density at radius 2 is 1.75 bits per heavy atom. The van der Waals surface area contributed by atoms with E-state index in [-0.39, 0.29) is 0 Å². The summed E-state index contributed by atoms with van der Waals surface area (Å²) in [7, 11) is -0.256. The molecule has 0 saturated carbocycles. The van der Waals surface area contributed by atoms with Crippen LogP contribution in [0.1, 0.15) is 11.5 Å². The molecule has 2 aromatic rings. The van der Waals surface area contributed by atoms with Crippen molar-refractivity contribution in [3.05, 3.63) is 58.1 Å². The fourth-order valence-corrected chi connectivity index (χ4v) is 3.88. The minimum atomic E-state index is -1.66. The summed E-state index contributed by atoms with van der Waals surface area (Å²) in [6, 6.07) is 11.2. The number of nitrogens with zero attached hydrogens (tertiary/aromatic N) is 1. The lowest BCUT2D eigenvalue weighted by Crippen LogP contribution is -2.43. The van der Waals surface area contributed by atoms with E-state index in [0.29, 0.717) is 26.2 Å². The van der Waals surface area contributed by atoms with E-state index < -0.39 is 28.7 Å². The third kappa shape index (κ3) is 3.05. The first kappa shape index (κ1) is 17.0. The molecule has 2 atom stereocenters. The first-order valence-corrected chi connectivity index (χ1v) is 8.80. The van der Waals surface area contributed by atoms with Crippen molar-refractivity contribution in [1.82, 2.24) is 4.31 Å². The smallest absolute Gasteiger partial charge is 0.251 e. The van der Waals surface area contributed by atoms with Crippen LogP contribution in [0, 0.1) is 0 Å². The molecule has 0 fully saturated rings. The van der Waals surface area contributed by atoms with Crippen LogP contribution in [0.4, 0.5) is 5.69 Å². The molecule has 1 aliphatic rings. The van der Waals surface area contributed by atoms with Crippen LogP contribution in [-0.2, 0) is 20.6 Å². The van der Waals surface area contributed by atoms with Crippen LogP contribution in [0.3, 0.4) is 0 Å². The molecule has 124 valence electrons. The molecule has 2 aromatic carbocycles. The van der Waals surface area contributed by atoms with Crippen LogP contribution in [0.15, 0.2) is 47.4 Å². The van der Waals surface area contributed by atoms with Crippen molar-refractivity contribution in [2.45, 2.75) is 10.8 Å². The number of hydrogen-bond donors (Lipinski definition) is 1. The van der Waals surface area contributed by atoms with Crippen molar-refractivity contribution >= 4 is 51.7 Å². The minimum absolute atomic E-state index is 0.357. The number of carbonyl (C=O) groups is 2. The van der Waals surface area contributed by atoms with E-state index in [1.165, 1.54) is 13.1 Å². The quantitative estimate of drug-likeness (QED) is 0.810. The molecule has 2 unspecified atom stereocenters. The Bertz CT molecular complexity index is 855. The van der Waals surface area contributed by atoms with Gasteiger partial charge < -0.3 is 5.32 Å². The summed E-state index contributed by atoms with van der Waals surface area (Å²) in [6.45, 7) is 0. The Balaban J connectivity index is 1.99. The highest BCUT2D eigenvalue weighted by Crippen LogP contribution is 2.34. The summed E-state index contributed by atoms with van der Waals surface area (Å²) >= 11 is 11.8. The second-order valence-corrected chi connectivity index (χ2v) is 7.55. The highest BCUT2D eigenvalue weighted by Gasteiger charge is 2.40. The Labute approximate surface area is 151 Å². The van der Waals surface area contributed by atoms with E-state index in [4.69, 9.17) is 23.2 Å². The summed E-state index contributed by atoms with van der Waals surface area (Å²) in [5, 5.41) is 3.58. The zero-order valence-corrected chi connectivity index (χ0v) is 14.8. The largest absolute Gasteiger partial charge is 0.325 e. The molecule has 0 saturated heterocycles. The topological polar surface area (TPSA) is 66.5 Å². The van der Waals surface area contributed by atoms with E-state index in [1.54, 1.807) is 36.4 Å². The molecule has 0 bridgehead atoms. The highest BCUT2D eigenvalue weighted by molar-refractivity contribution is 7.83. The predicted molar refractivity (Wildman–Crippen MR) is 93.5 cm³/mol. The van der Waals surface area contributed by atoms with Gasteiger partial charge in [-0.15, -0.1) is 0 Å². The highest BCUT2D eigenvalue weighted by atomic mass is 35.5. The second kappa shape index (κ2) is 6.55. The lowest BCUT2D eigenvalue weighted by molar-refractivity contribution is -0.132. The Morgan fingerprint density at radius 3 is 2.42 bits per heavy atom. The van der Waals surface area contributed by atoms with E-state index >= 15 is 0 Å². The summed E-state index contributed by atoms with van der Waals surface area (Å²) in [4.78, 5) is 25.6. The van der Waals surface area contributed by atoms with Gasteiger partial charge in [-0.25, -0.2) is 4.21 Å². The van der Waals surface area contributed by atoms with Gasteiger partial charge >= 0.3 is 0 Å². The Kier molecular flexibility index (Phi) is 4.62. The van der Waals surface area contributed by atoms with Gasteiger partial charge in [-0.2, -0.15) is 0 Å². The number of nitrogens with one attached hydrogen (secondary N) is 1. The maximum absolute atomic E-state index is 12.7. The van der Waals surface area contributed by atoms with Crippen LogP contribution < -0.4 is 5.32 Å². The van der Waals surface area contributed by atoms with E-state index in [2.05, 4.69) is 5.32 Å². The number of hydrogen-bond acceptors (Lipinski definition) is 3. The molecule has 5 nitrogen and oxygen atoms in total. The fourth-order valence-electron chi connectivity index (χ4n) is 2.45. The average molecular weight is 383 g/mol. The first-order chi connectivity index (χ1) is 11.4. The number of rotatable bonds is 2. The lowest BCUT2D eigenvalue weighted by Gasteiger charge is -2.29. The van der Waals surface area contributed by atoms with Crippen LogP contribution in [0.2, 0.25) is 10.0 Å². The van der Waals surface area contributed by atoms with Crippen molar-refractivity contribution in [2.24, 2.45) is 0 Å². The van der Waals surface area contributed by atoms with E-state index in [0.717, 1.165) is 4.31 Å². The van der Waals surface area contributed by atoms with Gasteiger partial charge in [0.05, 0.1) is 4.90 Å². The minimum Gasteiger partial charge on any atom is -0.325 e. The number of benzene rings is 2. The molecule has 24 heavy (non-hydrogen) atoms. The molecule has 1 N–H and O–H groups in total.